The number of nitrogens with zero attached hydrogens (tertiary/aromatic N) is 2. The Morgan fingerprint density at radius 2 is 1.78 bits per heavy atom. The standard InChI is InChI=1S/C18H18BIN2O/c19-12-3-5-14-15-6-4-13(20)11-17(15)22(16(14)10-12)9-8-21-7-1-2-18(21)23/h3-6,10-11H,1-2,7-9,19H2. The van der Waals surface area contributed by atoms with Crippen LogP contribution in [0.25, 0.3) is 21.8 Å². The van der Waals surface area contributed by atoms with E-state index in [4.69, 9.17) is 0 Å². The molecule has 0 unspecified atom stereocenters. The fraction of sp³-hybridized carbons (Fsp3) is 0.278. The van der Waals surface area contributed by atoms with E-state index < -0.39 is 0 Å². The molecule has 2 aromatic carbocycles. The van der Waals surface area contributed by atoms with Crippen LogP contribution in [0, 0.1) is 3.57 Å². The molecule has 0 saturated carbocycles. The Hall–Kier alpha value is -1.50. The zero-order valence-corrected chi connectivity index (χ0v) is 15.3. The highest BCUT2D eigenvalue weighted by Gasteiger charge is 2.20. The van der Waals surface area contributed by atoms with Crippen molar-refractivity contribution in [2.45, 2.75) is 19.4 Å². The molecule has 0 atom stereocenters. The highest BCUT2D eigenvalue weighted by atomic mass is 127. The minimum atomic E-state index is 0.302. The van der Waals surface area contributed by atoms with E-state index >= 15 is 0 Å². The lowest BCUT2D eigenvalue weighted by atomic mass is 9.95. The van der Waals surface area contributed by atoms with Gasteiger partial charge in [0.15, 0.2) is 0 Å². The molecule has 3 aromatic rings. The SMILES string of the molecule is Bc1ccc2c3ccc(I)cc3n(CCN3CCCC3=O)c2c1. The second kappa shape index (κ2) is 5.85. The van der Waals surface area contributed by atoms with Gasteiger partial charge < -0.3 is 9.47 Å². The first-order chi connectivity index (χ1) is 11.1. The van der Waals surface area contributed by atoms with E-state index in [1.807, 2.05) is 4.90 Å². The topological polar surface area (TPSA) is 25.2 Å². The van der Waals surface area contributed by atoms with E-state index in [-0.39, 0.29) is 0 Å². The van der Waals surface area contributed by atoms with Crippen LogP contribution in [0.15, 0.2) is 36.4 Å². The molecule has 0 bridgehead atoms. The van der Waals surface area contributed by atoms with E-state index in [9.17, 15) is 4.79 Å². The fourth-order valence-corrected chi connectivity index (χ4v) is 4.06. The van der Waals surface area contributed by atoms with Crippen LogP contribution in [0.5, 0.6) is 0 Å². The largest absolute Gasteiger partial charge is 0.341 e. The summed E-state index contributed by atoms with van der Waals surface area (Å²) in [5.74, 6) is 0.302. The normalized spacial score (nSPS) is 15.2. The quantitative estimate of drug-likeness (QED) is 0.476. The van der Waals surface area contributed by atoms with Crippen LogP contribution >= 0.6 is 22.6 Å². The van der Waals surface area contributed by atoms with Crippen molar-refractivity contribution < 1.29 is 4.79 Å². The lowest BCUT2D eigenvalue weighted by Crippen LogP contribution is -2.28. The Bertz CT molecular complexity index is 859. The molecule has 0 aliphatic carbocycles. The van der Waals surface area contributed by atoms with Crippen LogP contribution < -0.4 is 5.46 Å². The molecule has 1 aliphatic rings. The molecule has 4 rings (SSSR count). The van der Waals surface area contributed by atoms with E-state index in [0.29, 0.717) is 12.3 Å². The molecule has 0 spiro atoms. The van der Waals surface area contributed by atoms with Gasteiger partial charge in [0.2, 0.25) is 5.91 Å². The van der Waals surface area contributed by atoms with Gasteiger partial charge in [-0.25, -0.2) is 0 Å². The predicted molar refractivity (Wildman–Crippen MR) is 106 cm³/mol. The third kappa shape index (κ3) is 2.65. The summed E-state index contributed by atoms with van der Waals surface area (Å²) in [5.41, 5.74) is 3.81. The number of carbonyl (C=O) groups is 1. The molecule has 116 valence electrons. The van der Waals surface area contributed by atoms with Crippen molar-refractivity contribution >= 4 is 63.6 Å². The molecular weight excluding hydrogens is 398 g/mol. The summed E-state index contributed by atoms with van der Waals surface area (Å²) < 4.78 is 3.62. The van der Waals surface area contributed by atoms with E-state index in [1.54, 1.807) is 0 Å². The molecule has 1 aromatic heterocycles. The summed E-state index contributed by atoms with van der Waals surface area (Å²) >= 11 is 2.37. The van der Waals surface area contributed by atoms with Crippen LogP contribution in [-0.2, 0) is 11.3 Å². The van der Waals surface area contributed by atoms with Gasteiger partial charge in [-0.05, 0) is 47.2 Å². The predicted octanol–water partition coefficient (Wildman–Crippen LogP) is 2.28. The number of amides is 1. The number of likely N-dealkylation sites (tertiary alicyclic amines) is 1. The zero-order chi connectivity index (χ0) is 16.0. The molecule has 1 aliphatic heterocycles. The summed E-state index contributed by atoms with van der Waals surface area (Å²) in [6, 6.07) is 13.3. The van der Waals surface area contributed by atoms with Gasteiger partial charge in [-0.15, -0.1) is 0 Å². The van der Waals surface area contributed by atoms with Crippen LogP contribution in [0.2, 0.25) is 0 Å². The zero-order valence-electron chi connectivity index (χ0n) is 13.2. The monoisotopic (exact) mass is 416 g/mol. The number of aromatic nitrogens is 1. The molecular formula is C18H18BIN2O. The Kier molecular flexibility index (Phi) is 3.83. The van der Waals surface area contributed by atoms with Gasteiger partial charge in [-0.2, -0.15) is 0 Å². The van der Waals surface area contributed by atoms with E-state index in [0.717, 1.165) is 26.1 Å². The van der Waals surface area contributed by atoms with Gasteiger partial charge in [-0.1, -0.05) is 23.7 Å². The van der Waals surface area contributed by atoms with Crippen LogP contribution in [0.3, 0.4) is 0 Å². The molecule has 1 fully saturated rings. The summed E-state index contributed by atoms with van der Waals surface area (Å²) in [7, 11) is 2.13. The van der Waals surface area contributed by atoms with Crippen molar-refractivity contribution in [3.05, 3.63) is 40.0 Å². The lowest BCUT2D eigenvalue weighted by Gasteiger charge is -2.17. The van der Waals surface area contributed by atoms with Crippen molar-refractivity contribution in [1.82, 2.24) is 9.47 Å². The van der Waals surface area contributed by atoms with Crippen molar-refractivity contribution in [2.75, 3.05) is 13.1 Å². The molecule has 0 N–H and O–H groups in total. The van der Waals surface area contributed by atoms with E-state index in [2.05, 4.69) is 71.4 Å². The average Bonchev–Trinajstić information content (AvgIpc) is 3.06. The first-order valence-electron chi connectivity index (χ1n) is 8.09. The number of hydrogen-bond donors (Lipinski definition) is 0. The van der Waals surface area contributed by atoms with Gasteiger partial charge >= 0.3 is 0 Å². The maximum absolute atomic E-state index is 11.9. The molecule has 1 saturated heterocycles. The summed E-state index contributed by atoms with van der Waals surface area (Å²) in [4.78, 5) is 13.9. The average molecular weight is 416 g/mol. The molecule has 2 heterocycles. The maximum Gasteiger partial charge on any atom is 0.222 e. The lowest BCUT2D eigenvalue weighted by molar-refractivity contribution is -0.127. The van der Waals surface area contributed by atoms with Gasteiger partial charge in [-0.3, -0.25) is 4.79 Å². The number of fused-ring (bicyclic) bond motifs is 3. The highest BCUT2D eigenvalue weighted by Crippen LogP contribution is 2.29. The summed E-state index contributed by atoms with van der Waals surface area (Å²) in [6.07, 6.45) is 1.72. The van der Waals surface area contributed by atoms with Gasteiger partial charge in [0, 0.05) is 45.9 Å². The maximum atomic E-state index is 11.9. The number of hydrogen-bond acceptors (Lipinski definition) is 1. The van der Waals surface area contributed by atoms with Gasteiger partial charge in [0.1, 0.15) is 7.85 Å². The second-order valence-electron chi connectivity index (χ2n) is 6.32. The Labute approximate surface area is 150 Å². The van der Waals surface area contributed by atoms with Crippen molar-refractivity contribution in [3.63, 3.8) is 0 Å². The second-order valence-corrected chi connectivity index (χ2v) is 7.56. The number of carbonyl (C=O) groups excluding carboxylic acids is 1. The minimum Gasteiger partial charge on any atom is -0.341 e. The fourth-order valence-electron chi connectivity index (χ4n) is 3.58. The molecule has 3 nitrogen and oxygen atoms in total. The number of halogens is 1. The third-order valence-electron chi connectivity index (χ3n) is 4.75. The van der Waals surface area contributed by atoms with Gasteiger partial charge in [0.25, 0.3) is 0 Å². The number of rotatable bonds is 3. The molecule has 0 radical (unpaired) electrons. The first kappa shape index (κ1) is 15.1. The minimum absolute atomic E-state index is 0.302. The smallest absolute Gasteiger partial charge is 0.222 e. The number of benzene rings is 2. The first-order valence-corrected chi connectivity index (χ1v) is 9.17. The Morgan fingerprint density at radius 1 is 1.04 bits per heavy atom. The van der Waals surface area contributed by atoms with E-state index in [1.165, 1.54) is 30.8 Å². The van der Waals surface area contributed by atoms with Crippen LogP contribution in [0.4, 0.5) is 0 Å². The van der Waals surface area contributed by atoms with Crippen molar-refractivity contribution in [1.29, 1.82) is 0 Å². The Balaban J connectivity index is 1.82. The van der Waals surface area contributed by atoms with Gasteiger partial charge in [0.05, 0.1) is 5.52 Å². The van der Waals surface area contributed by atoms with Crippen molar-refractivity contribution in [3.8, 4) is 0 Å². The van der Waals surface area contributed by atoms with Crippen LogP contribution in [-0.4, -0.2) is 36.3 Å². The van der Waals surface area contributed by atoms with Crippen molar-refractivity contribution in [2.24, 2.45) is 0 Å². The molecule has 1 amide bonds. The summed E-state index contributed by atoms with van der Waals surface area (Å²) in [5, 5.41) is 2.60. The highest BCUT2D eigenvalue weighted by molar-refractivity contribution is 14.1. The van der Waals surface area contributed by atoms with Crippen LogP contribution in [0.1, 0.15) is 12.8 Å². The summed E-state index contributed by atoms with van der Waals surface area (Å²) in [6.45, 7) is 2.57. The molecule has 5 heteroatoms. The molecule has 23 heavy (non-hydrogen) atoms. The Morgan fingerprint density at radius 3 is 2.52 bits per heavy atom. The third-order valence-corrected chi connectivity index (χ3v) is 5.42.